The van der Waals surface area contributed by atoms with Crippen molar-refractivity contribution in [2.24, 2.45) is 0 Å². The number of hydrogen-bond acceptors (Lipinski definition) is 4. The molecule has 0 N–H and O–H groups in total. The summed E-state index contributed by atoms with van der Waals surface area (Å²) in [5.41, 5.74) is 0. The van der Waals surface area contributed by atoms with Crippen LogP contribution in [0.4, 0.5) is 0 Å². The van der Waals surface area contributed by atoms with E-state index in [4.69, 9.17) is 14.2 Å². The minimum Gasteiger partial charge on any atom is -0.493 e. The molecule has 2 aromatic rings. The maximum atomic E-state index is 5.35. The van der Waals surface area contributed by atoms with Crippen molar-refractivity contribution in [2.45, 2.75) is 0 Å². The standard InChI is InChI=1S/C11H12O3S/c1-12-9-4-7-5-15-6-8(7)10(13-2)11(9)14-3/h4-6H,1-3H3. The number of methoxy groups -OCH3 is 3. The summed E-state index contributed by atoms with van der Waals surface area (Å²) in [6.07, 6.45) is 0. The summed E-state index contributed by atoms with van der Waals surface area (Å²) in [4.78, 5) is 0. The van der Waals surface area contributed by atoms with Crippen LogP contribution in [0.5, 0.6) is 17.2 Å². The lowest BCUT2D eigenvalue weighted by Gasteiger charge is -2.12. The molecule has 1 heterocycles. The van der Waals surface area contributed by atoms with Crippen LogP contribution in [0.2, 0.25) is 0 Å². The van der Waals surface area contributed by atoms with E-state index in [1.54, 1.807) is 32.7 Å². The van der Waals surface area contributed by atoms with Crippen molar-refractivity contribution < 1.29 is 14.2 Å². The van der Waals surface area contributed by atoms with Crippen molar-refractivity contribution in [1.82, 2.24) is 0 Å². The molecule has 80 valence electrons. The van der Waals surface area contributed by atoms with Crippen molar-refractivity contribution in [1.29, 1.82) is 0 Å². The van der Waals surface area contributed by atoms with Crippen LogP contribution in [0.15, 0.2) is 16.8 Å². The van der Waals surface area contributed by atoms with Crippen molar-refractivity contribution in [3.8, 4) is 17.2 Å². The molecule has 2 rings (SSSR count). The van der Waals surface area contributed by atoms with Gasteiger partial charge >= 0.3 is 0 Å². The molecule has 3 nitrogen and oxygen atoms in total. The Bertz CT molecular complexity index is 476. The molecule has 0 aliphatic carbocycles. The highest BCUT2D eigenvalue weighted by molar-refractivity contribution is 7.09. The fraction of sp³-hybridized carbons (Fsp3) is 0.273. The summed E-state index contributed by atoms with van der Waals surface area (Å²) >= 11 is 1.63. The Labute approximate surface area is 92.2 Å². The number of ether oxygens (including phenoxy) is 3. The predicted molar refractivity (Wildman–Crippen MR) is 61.5 cm³/mol. The minimum atomic E-state index is 0.644. The second-order valence-corrected chi connectivity index (χ2v) is 3.76. The van der Waals surface area contributed by atoms with E-state index in [2.05, 4.69) is 5.38 Å². The molecular weight excluding hydrogens is 212 g/mol. The van der Waals surface area contributed by atoms with Gasteiger partial charge in [-0.3, -0.25) is 0 Å². The van der Waals surface area contributed by atoms with Crippen LogP contribution >= 0.6 is 11.3 Å². The van der Waals surface area contributed by atoms with E-state index >= 15 is 0 Å². The molecule has 0 bridgehead atoms. The van der Waals surface area contributed by atoms with E-state index in [9.17, 15) is 0 Å². The summed E-state index contributed by atoms with van der Waals surface area (Å²) in [7, 11) is 4.86. The van der Waals surface area contributed by atoms with Crippen LogP contribution in [0, 0.1) is 0 Å². The minimum absolute atomic E-state index is 0.644. The first-order valence-corrected chi connectivity index (χ1v) is 5.41. The Morgan fingerprint density at radius 2 is 1.67 bits per heavy atom. The number of thiophene rings is 1. The molecule has 1 aromatic carbocycles. The number of fused-ring (bicyclic) bond motifs is 1. The summed E-state index contributed by atoms with van der Waals surface area (Å²) in [5, 5.41) is 6.25. The third-order valence-electron chi connectivity index (χ3n) is 2.28. The summed E-state index contributed by atoms with van der Waals surface area (Å²) in [6.45, 7) is 0. The van der Waals surface area contributed by atoms with Gasteiger partial charge in [-0.05, 0) is 11.4 Å². The van der Waals surface area contributed by atoms with Crippen LogP contribution in [0.1, 0.15) is 0 Å². The normalized spacial score (nSPS) is 10.3. The second kappa shape index (κ2) is 3.98. The van der Waals surface area contributed by atoms with Crippen LogP contribution in [0.25, 0.3) is 10.8 Å². The van der Waals surface area contributed by atoms with E-state index in [-0.39, 0.29) is 0 Å². The molecule has 0 amide bonds. The summed E-state index contributed by atoms with van der Waals surface area (Å²) in [6, 6.07) is 1.95. The average Bonchev–Trinajstić information content (AvgIpc) is 2.73. The summed E-state index contributed by atoms with van der Waals surface area (Å²) in [5.74, 6) is 2.07. The lowest BCUT2D eigenvalue weighted by atomic mass is 10.2. The Morgan fingerprint density at radius 1 is 0.933 bits per heavy atom. The largest absolute Gasteiger partial charge is 0.493 e. The third-order valence-corrected chi connectivity index (χ3v) is 3.04. The first kappa shape index (κ1) is 10.1. The van der Waals surface area contributed by atoms with Crippen LogP contribution in [-0.4, -0.2) is 21.3 Å². The first-order valence-electron chi connectivity index (χ1n) is 4.46. The monoisotopic (exact) mass is 224 g/mol. The highest BCUT2D eigenvalue weighted by Gasteiger charge is 2.15. The topological polar surface area (TPSA) is 27.7 Å². The molecule has 0 atom stereocenters. The van der Waals surface area contributed by atoms with Crippen LogP contribution in [-0.2, 0) is 0 Å². The maximum absolute atomic E-state index is 5.35. The number of hydrogen-bond donors (Lipinski definition) is 0. The Hall–Kier alpha value is -1.42. The molecule has 0 aliphatic heterocycles. The Morgan fingerprint density at radius 3 is 2.27 bits per heavy atom. The van der Waals surface area contributed by atoms with Gasteiger partial charge in [-0.2, -0.15) is 11.3 Å². The summed E-state index contributed by atoms with van der Waals surface area (Å²) < 4.78 is 15.9. The van der Waals surface area contributed by atoms with E-state index in [0.29, 0.717) is 11.5 Å². The van der Waals surface area contributed by atoms with Crippen molar-refractivity contribution in [3.05, 3.63) is 16.8 Å². The zero-order valence-corrected chi connectivity index (χ0v) is 9.68. The van der Waals surface area contributed by atoms with E-state index in [0.717, 1.165) is 16.5 Å². The van der Waals surface area contributed by atoms with Crippen molar-refractivity contribution in [3.63, 3.8) is 0 Å². The SMILES string of the molecule is COc1cc2cscc2c(OC)c1OC. The van der Waals surface area contributed by atoms with Crippen molar-refractivity contribution in [2.75, 3.05) is 21.3 Å². The van der Waals surface area contributed by atoms with Gasteiger partial charge in [0.25, 0.3) is 0 Å². The second-order valence-electron chi connectivity index (χ2n) is 3.02. The zero-order chi connectivity index (χ0) is 10.8. The molecule has 0 radical (unpaired) electrons. The van der Waals surface area contributed by atoms with Crippen molar-refractivity contribution >= 4 is 22.1 Å². The average molecular weight is 224 g/mol. The van der Waals surface area contributed by atoms with Crippen LogP contribution in [0.3, 0.4) is 0 Å². The third kappa shape index (κ3) is 1.51. The van der Waals surface area contributed by atoms with Gasteiger partial charge in [-0.1, -0.05) is 0 Å². The lowest BCUT2D eigenvalue weighted by Crippen LogP contribution is -1.94. The fourth-order valence-corrected chi connectivity index (χ4v) is 2.38. The van der Waals surface area contributed by atoms with E-state index in [1.165, 1.54) is 0 Å². The predicted octanol–water partition coefficient (Wildman–Crippen LogP) is 2.93. The Kier molecular flexibility index (Phi) is 2.68. The molecule has 0 fully saturated rings. The molecule has 15 heavy (non-hydrogen) atoms. The highest BCUT2D eigenvalue weighted by atomic mass is 32.1. The van der Waals surface area contributed by atoms with Gasteiger partial charge in [-0.25, -0.2) is 0 Å². The smallest absolute Gasteiger partial charge is 0.203 e. The maximum Gasteiger partial charge on any atom is 0.203 e. The van der Waals surface area contributed by atoms with Gasteiger partial charge in [-0.15, -0.1) is 0 Å². The van der Waals surface area contributed by atoms with E-state index < -0.39 is 0 Å². The lowest BCUT2D eigenvalue weighted by molar-refractivity contribution is 0.327. The quantitative estimate of drug-likeness (QED) is 0.802. The molecule has 0 saturated carbocycles. The Balaban J connectivity index is 2.78. The van der Waals surface area contributed by atoms with Gasteiger partial charge in [0.2, 0.25) is 5.75 Å². The number of benzene rings is 1. The van der Waals surface area contributed by atoms with Gasteiger partial charge in [0.05, 0.1) is 21.3 Å². The number of rotatable bonds is 3. The molecule has 4 heteroatoms. The molecule has 0 spiro atoms. The van der Waals surface area contributed by atoms with Gasteiger partial charge in [0.1, 0.15) is 0 Å². The first-order chi connectivity index (χ1) is 7.31. The van der Waals surface area contributed by atoms with Gasteiger partial charge in [0, 0.05) is 16.2 Å². The van der Waals surface area contributed by atoms with E-state index in [1.807, 2.05) is 11.4 Å². The highest BCUT2D eigenvalue weighted by Crippen LogP contribution is 2.44. The molecular formula is C11H12O3S. The van der Waals surface area contributed by atoms with Gasteiger partial charge in [0.15, 0.2) is 11.5 Å². The molecule has 0 aliphatic rings. The molecule has 0 saturated heterocycles. The van der Waals surface area contributed by atoms with Crippen LogP contribution < -0.4 is 14.2 Å². The van der Waals surface area contributed by atoms with Gasteiger partial charge < -0.3 is 14.2 Å². The molecule has 0 unspecified atom stereocenters. The molecule has 1 aromatic heterocycles. The fourth-order valence-electron chi connectivity index (χ4n) is 1.59. The zero-order valence-electron chi connectivity index (χ0n) is 8.87.